The molecule has 3 aromatic rings. The summed E-state index contributed by atoms with van der Waals surface area (Å²) in [7, 11) is 0. The zero-order valence-corrected chi connectivity index (χ0v) is 16.9. The molecule has 1 unspecified atom stereocenters. The second kappa shape index (κ2) is 8.39. The fraction of sp³-hybridized carbons (Fsp3) is 0.227. The summed E-state index contributed by atoms with van der Waals surface area (Å²) in [6.45, 7) is 2.05. The highest BCUT2D eigenvalue weighted by Crippen LogP contribution is 2.25. The molecule has 0 saturated carbocycles. The van der Waals surface area contributed by atoms with Crippen LogP contribution < -0.4 is 5.32 Å². The lowest BCUT2D eigenvalue weighted by Crippen LogP contribution is -2.43. The maximum atomic E-state index is 13.0. The van der Waals surface area contributed by atoms with E-state index in [4.69, 9.17) is 0 Å². The molecule has 1 atom stereocenters. The van der Waals surface area contributed by atoms with E-state index in [0.29, 0.717) is 36.2 Å². The Morgan fingerprint density at radius 1 is 1.19 bits per heavy atom. The number of anilines is 1. The van der Waals surface area contributed by atoms with Gasteiger partial charge in [-0.3, -0.25) is 19.7 Å². The van der Waals surface area contributed by atoms with Gasteiger partial charge >= 0.3 is 0 Å². The van der Waals surface area contributed by atoms with E-state index in [0.717, 1.165) is 5.69 Å². The minimum Gasteiger partial charge on any atom is -0.327 e. The monoisotopic (exact) mass is 419 g/mol. The fourth-order valence-corrected chi connectivity index (χ4v) is 3.81. The Morgan fingerprint density at radius 3 is 2.74 bits per heavy atom. The molecule has 0 aliphatic carbocycles. The molecule has 158 valence electrons. The molecule has 1 N–H and O–H groups in total. The Hall–Kier alpha value is -4.01. The lowest BCUT2D eigenvalue weighted by molar-refractivity contribution is -0.385. The molecule has 0 bridgehead atoms. The van der Waals surface area contributed by atoms with Crippen molar-refractivity contribution in [1.29, 1.82) is 0 Å². The third-order valence-electron chi connectivity index (χ3n) is 5.34. The van der Waals surface area contributed by atoms with E-state index in [1.807, 2.05) is 30.5 Å². The van der Waals surface area contributed by atoms with Gasteiger partial charge in [-0.25, -0.2) is 4.68 Å². The van der Waals surface area contributed by atoms with Crippen LogP contribution in [-0.4, -0.2) is 44.0 Å². The summed E-state index contributed by atoms with van der Waals surface area (Å²) in [6.07, 6.45) is 4.75. The van der Waals surface area contributed by atoms with Crippen molar-refractivity contribution < 1.29 is 14.5 Å². The van der Waals surface area contributed by atoms with Crippen molar-refractivity contribution in [3.8, 4) is 5.69 Å². The van der Waals surface area contributed by atoms with Gasteiger partial charge < -0.3 is 10.2 Å². The Kier molecular flexibility index (Phi) is 5.48. The van der Waals surface area contributed by atoms with Gasteiger partial charge in [0.2, 0.25) is 5.91 Å². The van der Waals surface area contributed by atoms with Crippen LogP contribution in [0, 0.1) is 17.0 Å². The molecule has 1 aliphatic heterocycles. The van der Waals surface area contributed by atoms with Crippen molar-refractivity contribution in [2.45, 2.75) is 25.8 Å². The van der Waals surface area contributed by atoms with Crippen molar-refractivity contribution in [2.75, 3.05) is 11.9 Å². The van der Waals surface area contributed by atoms with Gasteiger partial charge in [-0.15, -0.1) is 0 Å². The summed E-state index contributed by atoms with van der Waals surface area (Å²) in [5.74, 6) is -0.567. The molecule has 9 nitrogen and oxygen atoms in total. The molecular weight excluding hydrogens is 398 g/mol. The molecule has 31 heavy (non-hydrogen) atoms. The smallest absolute Gasteiger partial charge is 0.272 e. The van der Waals surface area contributed by atoms with Crippen molar-refractivity contribution >= 4 is 23.2 Å². The highest BCUT2D eigenvalue weighted by molar-refractivity contribution is 6.01. The van der Waals surface area contributed by atoms with Gasteiger partial charge in [-0.05, 0) is 56.2 Å². The number of nitrogens with one attached hydrogen (secondary N) is 1. The van der Waals surface area contributed by atoms with Crippen molar-refractivity contribution in [1.82, 2.24) is 14.7 Å². The van der Waals surface area contributed by atoms with Gasteiger partial charge in [0.05, 0.1) is 10.6 Å². The summed E-state index contributed by atoms with van der Waals surface area (Å²) in [4.78, 5) is 38.1. The van der Waals surface area contributed by atoms with Crippen LogP contribution in [0.25, 0.3) is 5.69 Å². The standard InChI is InChI=1S/C22H21N5O4/c1-15-13-16(8-9-19(15)27(30)31)22(29)25-11-3-7-20(25)21(28)24-17-5-2-6-18(14-17)26-12-4-10-23-26/h2,4-6,8-10,12-14,20H,3,7,11H2,1H3,(H,24,28). The third kappa shape index (κ3) is 4.16. The van der Waals surface area contributed by atoms with E-state index in [2.05, 4.69) is 10.4 Å². The molecule has 1 saturated heterocycles. The number of aromatic nitrogens is 2. The number of hydrogen-bond donors (Lipinski definition) is 1. The average Bonchev–Trinajstić information content (AvgIpc) is 3.45. The van der Waals surface area contributed by atoms with E-state index in [1.54, 1.807) is 23.9 Å². The van der Waals surface area contributed by atoms with Crippen LogP contribution in [0.3, 0.4) is 0 Å². The second-order valence-corrected chi connectivity index (χ2v) is 7.41. The lowest BCUT2D eigenvalue weighted by Gasteiger charge is -2.24. The normalized spacial score (nSPS) is 15.6. The summed E-state index contributed by atoms with van der Waals surface area (Å²) < 4.78 is 1.69. The summed E-state index contributed by atoms with van der Waals surface area (Å²) in [5, 5.41) is 18.1. The summed E-state index contributed by atoms with van der Waals surface area (Å²) in [5.41, 5.74) is 2.13. The van der Waals surface area contributed by atoms with E-state index >= 15 is 0 Å². The Labute approximate surface area is 178 Å². The predicted octanol–water partition coefficient (Wildman–Crippen LogP) is 3.33. The number of nitro benzene ring substituents is 1. The molecule has 2 amide bonds. The number of rotatable bonds is 5. The number of carbonyl (C=O) groups excluding carboxylic acids is 2. The van der Waals surface area contributed by atoms with Crippen LogP contribution >= 0.6 is 0 Å². The van der Waals surface area contributed by atoms with Crippen molar-refractivity contribution in [3.05, 3.63) is 82.2 Å². The molecule has 2 heterocycles. The predicted molar refractivity (Wildman–Crippen MR) is 114 cm³/mol. The molecular formula is C22H21N5O4. The van der Waals surface area contributed by atoms with Crippen LogP contribution in [0.4, 0.5) is 11.4 Å². The Bertz CT molecular complexity index is 1140. The van der Waals surface area contributed by atoms with E-state index < -0.39 is 11.0 Å². The fourth-order valence-electron chi connectivity index (χ4n) is 3.81. The molecule has 1 aromatic heterocycles. The number of amides is 2. The van der Waals surface area contributed by atoms with E-state index in [9.17, 15) is 19.7 Å². The largest absolute Gasteiger partial charge is 0.327 e. The lowest BCUT2D eigenvalue weighted by atomic mass is 10.1. The molecule has 0 spiro atoms. The first-order valence-electron chi connectivity index (χ1n) is 9.91. The highest BCUT2D eigenvalue weighted by atomic mass is 16.6. The number of aryl methyl sites for hydroxylation is 1. The maximum Gasteiger partial charge on any atom is 0.272 e. The SMILES string of the molecule is Cc1cc(C(=O)N2CCCC2C(=O)Nc2cccc(-n3cccn3)c2)ccc1[N+](=O)[O-]. The first-order chi connectivity index (χ1) is 14.9. The van der Waals surface area contributed by atoms with Crippen LogP contribution in [0.15, 0.2) is 60.9 Å². The summed E-state index contributed by atoms with van der Waals surface area (Å²) >= 11 is 0. The second-order valence-electron chi connectivity index (χ2n) is 7.41. The number of benzene rings is 2. The molecule has 9 heteroatoms. The van der Waals surface area contributed by atoms with Gasteiger partial charge in [0.25, 0.3) is 11.6 Å². The topological polar surface area (TPSA) is 110 Å². The zero-order chi connectivity index (χ0) is 22.0. The molecule has 2 aromatic carbocycles. The van der Waals surface area contributed by atoms with Gasteiger partial charge in [0.15, 0.2) is 0 Å². The molecule has 1 fully saturated rings. The maximum absolute atomic E-state index is 13.0. The minimum absolute atomic E-state index is 0.0377. The third-order valence-corrected chi connectivity index (χ3v) is 5.34. The number of carbonyl (C=O) groups is 2. The van der Waals surface area contributed by atoms with Crippen LogP contribution in [0.5, 0.6) is 0 Å². The number of hydrogen-bond acceptors (Lipinski definition) is 5. The quantitative estimate of drug-likeness (QED) is 0.504. The van der Waals surface area contributed by atoms with Gasteiger partial charge in [-0.1, -0.05) is 6.07 Å². The summed E-state index contributed by atoms with van der Waals surface area (Å²) in [6, 6.07) is 12.8. The Morgan fingerprint density at radius 2 is 2.03 bits per heavy atom. The molecule has 0 radical (unpaired) electrons. The van der Waals surface area contributed by atoms with Crippen molar-refractivity contribution in [2.24, 2.45) is 0 Å². The number of nitrogens with zero attached hydrogens (tertiary/aromatic N) is 4. The number of nitro groups is 1. The molecule has 4 rings (SSSR count). The Balaban J connectivity index is 1.50. The number of likely N-dealkylation sites (tertiary alicyclic amines) is 1. The van der Waals surface area contributed by atoms with Crippen LogP contribution in [0.1, 0.15) is 28.8 Å². The first kappa shape index (κ1) is 20.3. The first-order valence-corrected chi connectivity index (χ1v) is 9.91. The van der Waals surface area contributed by atoms with Crippen LogP contribution in [0.2, 0.25) is 0 Å². The van der Waals surface area contributed by atoms with E-state index in [1.165, 1.54) is 23.1 Å². The zero-order valence-electron chi connectivity index (χ0n) is 16.9. The van der Waals surface area contributed by atoms with Gasteiger partial charge in [0.1, 0.15) is 6.04 Å². The van der Waals surface area contributed by atoms with Gasteiger partial charge in [0, 0.05) is 41.8 Å². The molecule has 1 aliphatic rings. The minimum atomic E-state index is -0.601. The highest BCUT2D eigenvalue weighted by Gasteiger charge is 2.35. The van der Waals surface area contributed by atoms with E-state index in [-0.39, 0.29) is 17.5 Å². The van der Waals surface area contributed by atoms with Gasteiger partial charge in [-0.2, -0.15) is 5.10 Å². The van der Waals surface area contributed by atoms with Crippen LogP contribution in [-0.2, 0) is 4.79 Å². The van der Waals surface area contributed by atoms with Crippen molar-refractivity contribution in [3.63, 3.8) is 0 Å². The average molecular weight is 419 g/mol.